The highest BCUT2D eigenvalue weighted by Gasteiger charge is 2.39. The van der Waals surface area contributed by atoms with Crippen LogP contribution >= 0.6 is 0 Å². The van der Waals surface area contributed by atoms with Gasteiger partial charge < -0.3 is 11.1 Å². The molecule has 0 saturated heterocycles. The Morgan fingerprint density at radius 3 is 2.50 bits per heavy atom. The van der Waals surface area contributed by atoms with Crippen LogP contribution in [0.1, 0.15) is 46.0 Å². The topological polar surface area (TPSA) is 55.1 Å². The molecule has 1 aliphatic carbocycles. The molecule has 1 saturated carbocycles. The van der Waals surface area contributed by atoms with Crippen molar-refractivity contribution in [3.8, 4) is 0 Å². The van der Waals surface area contributed by atoms with Crippen LogP contribution in [0.25, 0.3) is 0 Å². The van der Waals surface area contributed by atoms with Gasteiger partial charge in [-0.1, -0.05) is 19.8 Å². The van der Waals surface area contributed by atoms with Crippen molar-refractivity contribution in [3.05, 3.63) is 0 Å². The number of rotatable bonds is 4. The lowest BCUT2D eigenvalue weighted by molar-refractivity contribution is -0.131. The highest BCUT2D eigenvalue weighted by atomic mass is 16.2. The van der Waals surface area contributed by atoms with Crippen LogP contribution in [-0.2, 0) is 4.79 Å². The van der Waals surface area contributed by atoms with Crippen LogP contribution in [0.4, 0.5) is 0 Å². The molecule has 82 valence electrons. The number of amides is 1. The summed E-state index contributed by atoms with van der Waals surface area (Å²) < 4.78 is 0. The lowest BCUT2D eigenvalue weighted by Gasteiger charge is -2.27. The minimum Gasteiger partial charge on any atom is -0.353 e. The van der Waals surface area contributed by atoms with E-state index in [9.17, 15) is 4.79 Å². The molecule has 0 aromatic rings. The average Bonchev–Trinajstić information content (AvgIpc) is 2.67. The maximum atomic E-state index is 12.0. The highest BCUT2D eigenvalue weighted by Crippen LogP contribution is 2.37. The number of nitrogens with two attached hydrogens (primary N) is 1. The van der Waals surface area contributed by atoms with Crippen LogP contribution in [0.15, 0.2) is 0 Å². The van der Waals surface area contributed by atoms with E-state index in [1.807, 2.05) is 6.92 Å². The second kappa shape index (κ2) is 4.78. The van der Waals surface area contributed by atoms with Gasteiger partial charge in [-0.3, -0.25) is 4.79 Å². The Kier molecular flexibility index (Phi) is 3.93. The Balaban J connectivity index is 2.56. The van der Waals surface area contributed by atoms with Crippen molar-refractivity contribution >= 4 is 5.91 Å². The lowest BCUT2D eigenvalue weighted by Crippen LogP contribution is -2.47. The zero-order valence-electron chi connectivity index (χ0n) is 9.31. The van der Waals surface area contributed by atoms with Gasteiger partial charge in [0.2, 0.25) is 5.91 Å². The second-order valence-electron chi connectivity index (χ2n) is 4.47. The first-order valence-electron chi connectivity index (χ1n) is 5.65. The third-order valence-corrected chi connectivity index (χ3v) is 3.42. The standard InChI is InChI=1S/C11H22N2O/c1-3-9(2)13-10(14)11(8-12)6-4-5-7-11/h9H,3-8,12H2,1-2H3,(H,13,14). The van der Waals surface area contributed by atoms with E-state index >= 15 is 0 Å². The third kappa shape index (κ3) is 2.27. The van der Waals surface area contributed by atoms with E-state index in [0.29, 0.717) is 6.54 Å². The molecule has 1 aliphatic rings. The summed E-state index contributed by atoms with van der Waals surface area (Å²) >= 11 is 0. The minimum atomic E-state index is -0.247. The summed E-state index contributed by atoms with van der Waals surface area (Å²) in [5.74, 6) is 0.173. The van der Waals surface area contributed by atoms with Gasteiger partial charge in [0.15, 0.2) is 0 Å². The summed E-state index contributed by atoms with van der Waals surface area (Å²) in [6.45, 7) is 4.61. The summed E-state index contributed by atoms with van der Waals surface area (Å²) in [4.78, 5) is 12.0. The molecule has 0 aromatic heterocycles. The van der Waals surface area contributed by atoms with Crippen molar-refractivity contribution in [3.63, 3.8) is 0 Å². The van der Waals surface area contributed by atoms with E-state index in [1.54, 1.807) is 0 Å². The first-order valence-corrected chi connectivity index (χ1v) is 5.65. The zero-order chi connectivity index (χ0) is 10.6. The Morgan fingerprint density at radius 2 is 2.07 bits per heavy atom. The van der Waals surface area contributed by atoms with E-state index in [2.05, 4.69) is 12.2 Å². The van der Waals surface area contributed by atoms with Crippen molar-refractivity contribution in [1.82, 2.24) is 5.32 Å². The molecule has 3 nitrogen and oxygen atoms in total. The average molecular weight is 198 g/mol. The molecular weight excluding hydrogens is 176 g/mol. The number of nitrogens with one attached hydrogen (secondary N) is 1. The Morgan fingerprint density at radius 1 is 1.50 bits per heavy atom. The number of carbonyl (C=O) groups is 1. The Bertz CT molecular complexity index is 197. The monoisotopic (exact) mass is 198 g/mol. The van der Waals surface area contributed by atoms with Gasteiger partial charge in [0.05, 0.1) is 5.41 Å². The summed E-state index contributed by atoms with van der Waals surface area (Å²) in [6, 6.07) is 0.270. The van der Waals surface area contributed by atoms with Gasteiger partial charge in [-0.25, -0.2) is 0 Å². The van der Waals surface area contributed by atoms with Crippen LogP contribution in [0.3, 0.4) is 0 Å². The molecule has 14 heavy (non-hydrogen) atoms. The van der Waals surface area contributed by atoms with Gasteiger partial charge in [0, 0.05) is 12.6 Å². The molecule has 1 fully saturated rings. The van der Waals surface area contributed by atoms with Gasteiger partial charge in [-0.2, -0.15) is 0 Å². The van der Waals surface area contributed by atoms with Gasteiger partial charge in [0.25, 0.3) is 0 Å². The molecule has 3 N–H and O–H groups in total. The van der Waals surface area contributed by atoms with Crippen molar-refractivity contribution in [2.45, 2.75) is 52.0 Å². The predicted molar refractivity (Wildman–Crippen MR) is 57.9 cm³/mol. The van der Waals surface area contributed by atoms with Crippen LogP contribution in [-0.4, -0.2) is 18.5 Å². The number of hydrogen-bond donors (Lipinski definition) is 2. The summed E-state index contributed by atoms with van der Waals surface area (Å²) in [7, 11) is 0. The van der Waals surface area contributed by atoms with Gasteiger partial charge in [-0.15, -0.1) is 0 Å². The molecule has 1 rings (SSSR count). The summed E-state index contributed by atoms with van der Waals surface area (Å²) in [5.41, 5.74) is 5.48. The Labute approximate surface area is 86.4 Å². The highest BCUT2D eigenvalue weighted by molar-refractivity contribution is 5.83. The minimum absolute atomic E-state index is 0.173. The van der Waals surface area contributed by atoms with Gasteiger partial charge in [0.1, 0.15) is 0 Å². The lowest BCUT2D eigenvalue weighted by atomic mass is 9.85. The molecule has 0 bridgehead atoms. The normalized spacial score (nSPS) is 21.9. The SMILES string of the molecule is CCC(C)NC(=O)C1(CN)CCCC1. The van der Waals surface area contributed by atoms with E-state index in [0.717, 1.165) is 32.1 Å². The third-order valence-electron chi connectivity index (χ3n) is 3.42. The fourth-order valence-corrected chi connectivity index (χ4v) is 2.05. The van der Waals surface area contributed by atoms with Crippen LogP contribution in [0.5, 0.6) is 0 Å². The Hall–Kier alpha value is -0.570. The number of hydrogen-bond acceptors (Lipinski definition) is 2. The van der Waals surface area contributed by atoms with Crippen molar-refractivity contribution < 1.29 is 4.79 Å². The van der Waals surface area contributed by atoms with Gasteiger partial charge >= 0.3 is 0 Å². The first kappa shape index (κ1) is 11.5. The zero-order valence-corrected chi connectivity index (χ0v) is 9.31. The fourth-order valence-electron chi connectivity index (χ4n) is 2.05. The van der Waals surface area contributed by atoms with Crippen LogP contribution < -0.4 is 11.1 Å². The van der Waals surface area contributed by atoms with Crippen molar-refractivity contribution in [2.24, 2.45) is 11.1 Å². The van der Waals surface area contributed by atoms with Crippen molar-refractivity contribution in [1.29, 1.82) is 0 Å². The summed E-state index contributed by atoms with van der Waals surface area (Å²) in [6.07, 6.45) is 5.19. The van der Waals surface area contributed by atoms with Crippen molar-refractivity contribution in [2.75, 3.05) is 6.54 Å². The van der Waals surface area contributed by atoms with E-state index < -0.39 is 0 Å². The maximum Gasteiger partial charge on any atom is 0.227 e. The second-order valence-corrected chi connectivity index (χ2v) is 4.47. The molecule has 1 atom stereocenters. The molecular formula is C11H22N2O. The largest absolute Gasteiger partial charge is 0.353 e. The molecule has 0 radical (unpaired) electrons. The first-order chi connectivity index (χ1) is 6.64. The quantitative estimate of drug-likeness (QED) is 0.718. The summed E-state index contributed by atoms with van der Waals surface area (Å²) in [5, 5.41) is 3.04. The molecule has 0 aliphatic heterocycles. The van der Waals surface area contributed by atoms with Crippen LogP contribution in [0.2, 0.25) is 0 Å². The maximum absolute atomic E-state index is 12.0. The fraction of sp³-hybridized carbons (Fsp3) is 0.909. The predicted octanol–water partition coefficient (Wildman–Crippen LogP) is 1.42. The van der Waals surface area contributed by atoms with E-state index in [-0.39, 0.29) is 17.4 Å². The number of carbonyl (C=O) groups excluding carboxylic acids is 1. The van der Waals surface area contributed by atoms with Gasteiger partial charge in [-0.05, 0) is 26.2 Å². The van der Waals surface area contributed by atoms with E-state index in [1.165, 1.54) is 0 Å². The molecule has 0 spiro atoms. The molecule has 0 aromatic carbocycles. The molecule has 1 unspecified atom stereocenters. The molecule has 1 amide bonds. The molecule has 0 heterocycles. The smallest absolute Gasteiger partial charge is 0.227 e. The van der Waals surface area contributed by atoms with Crippen LogP contribution in [0, 0.1) is 5.41 Å². The molecule has 3 heteroatoms. The van der Waals surface area contributed by atoms with E-state index in [4.69, 9.17) is 5.73 Å².